The molecule has 0 heterocycles. The summed E-state index contributed by atoms with van der Waals surface area (Å²) in [5, 5.41) is 17.4. The summed E-state index contributed by atoms with van der Waals surface area (Å²) in [5.74, 6) is 19.6. The SMILES string of the molecule is COC(=O)C(CC#CC#CCCCO)(CC#CC#CCCCO)C(=O)OC. The van der Waals surface area contributed by atoms with Gasteiger partial charge < -0.3 is 19.7 Å². The smallest absolute Gasteiger partial charge is 0.325 e. The lowest BCUT2D eigenvalue weighted by molar-refractivity contribution is -0.168. The second kappa shape index (κ2) is 15.4. The highest BCUT2D eigenvalue weighted by Gasteiger charge is 2.47. The molecule has 0 aromatic rings. The van der Waals surface area contributed by atoms with Crippen LogP contribution in [0.1, 0.15) is 38.5 Å². The Balaban J connectivity index is 5.35. The van der Waals surface area contributed by atoms with Gasteiger partial charge in [-0.1, -0.05) is 23.7 Å². The van der Waals surface area contributed by atoms with Crippen LogP contribution < -0.4 is 0 Å². The van der Waals surface area contributed by atoms with Gasteiger partial charge in [-0.25, -0.2) is 0 Å². The number of carbonyl (C=O) groups excluding carboxylic acids is 2. The van der Waals surface area contributed by atoms with Crippen molar-refractivity contribution < 1.29 is 29.3 Å². The summed E-state index contributed by atoms with van der Waals surface area (Å²) in [6.45, 7) is 0.106. The zero-order valence-corrected chi connectivity index (χ0v) is 15.7. The van der Waals surface area contributed by atoms with Gasteiger partial charge in [-0.2, -0.15) is 0 Å². The molecule has 0 atom stereocenters. The van der Waals surface area contributed by atoms with Gasteiger partial charge in [0.1, 0.15) is 0 Å². The van der Waals surface area contributed by atoms with Crippen molar-refractivity contribution in [1.29, 1.82) is 0 Å². The molecule has 0 fully saturated rings. The molecule has 0 saturated heterocycles. The molecule has 6 nitrogen and oxygen atoms in total. The summed E-state index contributed by atoms with van der Waals surface area (Å²) in [5.41, 5.74) is -1.68. The molecule has 0 rings (SSSR count). The van der Waals surface area contributed by atoms with E-state index in [-0.39, 0.29) is 26.1 Å². The van der Waals surface area contributed by atoms with Gasteiger partial charge in [0.05, 0.1) is 14.2 Å². The van der Waals surface area contributed by atoms with Gasteiger partial charge in [-0.3, -0.25) is 9.59 Å². The van der Waals surface area contributed by atoms with Crippen LogP contribution in [0.25, 0.3) is 0 Å². The van der Waals surface area contributed by atoms with E-state index in [0.29, 0.717) is 25.7 Å². The van der Waals surface area contributed by atoms with Crippen LogP contribution in [0.4, 0.5) is 0 Å². The topological polar surface area (TPSA) is 93.1 Å². The molecule has 0 spiro atoms. The molecule has 0 aliphatic carbocycles. The molecule has 27 heavy (non-hydrogen) atoms. The van der Waals surface area contributed by atoms with Gasteiger partial charge in [0.25, 0.3) is 0 Å². The summed E-state index contributed by atoms with van der Waals surface area (Å²) >= 11 is 0. The van der Waals surface area contributed by atoms with Crippen LogP contribution >= 0.6 is 0 Å². The number of hydrogen-bond donors (Lipinski definition) is 2. The van der Waals surface area contributed by atoms with Crippen LogP contribution in [0.3, 0.4) is 0 Å². The molecular weight excluding hydrogens is 348 g/mol. The normalized spacial score (nSPS) is 9.04. The van der Waals surface area contributed by atoms with Crippen molar-refractivity contribution in [2.75, 3.05) is 27.4 Å². The summed E-state index contributed by atoms with van der Waals surface area (Å²) in [6, 6.07) is 0. The fourth-order valence-corrected chi connectivity index (χ4v) is 1.85. The average Bonchev–Trinajstić information content (AvgIpc) is 2.69. The number of esters is 2. The third kappa shape index (κ3) is 9.39. The highest BCUT2D eigenvalue weighted by Crippen LogP contribution is 2.29. The fraction of sp³-hybridized carbons (Fsp3) is 0.524. The summed E-state index contributed by atoms with van der Waals surface area (Å²) in [6.07, 6.45) is 1.80. The molecule has 0 radical (unpaired) electrons. The van der Waals surface area contributed by atoms with E-state index < -0.39 is 17.4 Å². The van der Waals surface area contributed by atoms with Gasteiger partial charge in [0.15, 0.2) is 5.41 Å². The largest absolute Gasteiger partial charge is 0.468 e. The predicted octanol–water partition coefficient (Wildman–Crippen LogP) is 0.658. The second-order valence-electron chi connectivity index (χ2n) is 5.28. The number of carbonyl (C=O) groups is 2. The Morgan fingerprint density at radius 1 is 0.741 bits per heavy atom. The van der Waals surface area contributed by atoms with E-state index in [9.17, 15) is 9.59 Å². The number of unbranched alkanes of at least 4 members (excludes halogenated alkanes) is 2. The molecule has 6 heteroatoms. The number of rotatable bonds is 8. The monoisotopic (exact) mass is 372 g/mol. The van der Waals surface area contributed by atoms with Crippen molar-refractivity contribution in [3.8, 4) is 47.4 Å². The van der Waals surface area contributed by atoms with Crippen molar-refractivity contribution in [2.24, 2.45) is 5.41 Å². The number of methoxy groups -OCH3 is 2. The van der Waals surface area contributed by atoms with Crippen molar-refractivity contribution in [1.82, 2.24) is 0 Å². The van der Waals surface area contributed by atoms with Crippen molar-refractivity contribution in [3.63, 3.8) is 0 Å². The molecule has 0 unspecified atom stereocenters. The minimum absolute atomic E-state index is 0.0530. The first-order chi connectivity index (χ1) is 13.1. The van der Waals surface area contributed by atoms with Crippen LogP contribution in [0.15, 0.2) is 0 Å². The first kappa shape index (κ1) is 24.1. The van der Waals surface area contributed by atoms with Gasteiger partial charge in [-0.05, 0) is 36.5 Å². The molecule has 0 aromatic carbocycles. The van der Waals surface area contributed by atoms with Gasteiger partial charge in [0, 0.05) is 38.9 Å². The van der Waals surface area contributed by atoms with E-state index in [1.165, 1.54) is 14.2 Å². The Bertz CT molecular complexity index is 658. The lowest BCUT2D eigenvalue weighted by Crippen LogP contribution is -2.40. The minimum Gasteiger partial charge on any atom is -0.468 e. The highest BCUT2D eigenvalue weighted by molar-refractivity contribution is 6.00. The standard InChI is InChI=1S/C21H24O6/c1-26-19(24)21(20(25)27-2,15-11-7-3-5-9-13-17-22)16-12-8-4-6-10-14-18-23/h22-23H,9-10,13-18H2,1-2H3. The maximum atomic E-state index is 12.3. The van der Waals surface area contributed by atoms with Crippen molar-refractivity contribution in [2.45, 2.75) is 38.5 Å². The van der Waals surface area contributed by atoms with Crippen LogP contribution in [0.5, 0.6) is 0 Å². The first-order valence-electron chi connectivity index (χ1n) is 8.39. The molecule has 0 amide bonds. The van der Waals surface area contributed by atoms with E-state index in [0.717, 1.165) is 0 Å². The Kier molecular flexibility index (Phi) is 13.7. The summed E-state index contributed by atoms with van der Waals surface area (Å²) < 4.78 is 9.51. The van der Waals surface area contributed by atoms with Crippen molar-refractivity contribution >= 4 is 11.9 Å². The molecule has 0 saturated carbocycles. The van der Waals surface area contributed by atoms with Gasteiger partial charge >= 0.3 is 11.9 Å². The predicted molar refractivity (Wildman–Crippen MR) is 99.4 cm³/mol. The number of aliphatic hydroxyl groups excluding tert-OH is 2. The van der Waals surface area contributed by atoms with E-state index >= 15 is 0 Å². The van der Waals surface area contributed by atoms with E-state index in [1.54, 1.807) is 0 Å². The lowest BCUT2D eigenvalue weighted by Gasteiger charge is -2.23. The molecule has 2 N–H and O–H groups in total. The first-order valence-corrected chi connectivity index (χ1v) is 8.39. The van der Waals surface area contributed by atoms with Crippen LogP contribution in [-0.2, 0) is 19.1 Å². The number of ether oxygens (including phenoxy) is 2. The molecular formula is C21H24O6. The van der Waals surface area contributed by atoms with Crippen LogP contribution in [-0.4, -0.2) is 49.6 Å². The minimum atomic E-state index is -1.68. The molecule has 0 bridgehead atoms. The highest BCUT2D eigenvalue weighted by atomic mass is 16.5. The molecule has 0 aromatic heterocycles. The zero-order chi connectivity index (χ0) is 20.4. The lowest BCUT2D eigenvalue weighted by atomic mass is 9.81. The summed E-state index contributed by atoms with van der Waals surface area (Å²) in [4.78, 5) is 24.5. The molecule has 0 aliphatic heterocycles. The Morgan fingerprint density at radius 3 is 1.44 bits per heavy atom. The van der Waals surface area contributed by atoms with Crippen LogP contribution in [0, 0.1) is 52.8 Å². The van der Waals surface area contributed by atoms with E-state index in [1.807, 2.05) is 0 Å². The Labute approximate surface area is 160 Å². The molecule has 0 aliphatic rings. The van der Waals surface area contributed by atoms with Crippen LogP contribution in [0.2, 0.25) is 0 Å². The zero-order valence-electron chi connectivity index (χ0n) is 15.7. The third-order valence-electron chi connectivity index (χ3n) is 3.33. The Morgan fingerprint density at radius 2 is 1.11 bits per heavy atom. The average molecular weight is 372 g/mol. The van der Waals surface area contributed by atoms with Crippen molar-refractivity contribution in [3.05, 3.63) is 0 Å². The third-order valence-corrected chi connectivity index (χ3v) is 3.33. The molecule has 144 valence electrons. The maximum Gasteiger partial charge on any atom is 0.325 e. The van der Waals surface area contributed by atoms with Gasteiger partial charge in [-0.15, -0.1) is 0 Å². The van der Waals surface area contributed by atoms with E-state index in [4.69, 9.17) is 19.7 Å². The quantitative estimate of drug-likeness (QED) is 0.281. The second-order valence-corrected chi connectivity index (χ2v) is 5.28. The number of hydrogen-bond acceptors (Lipinski definition) is 6. The number of aliphatic hydroxyl groups is 2. The van der Waals surface area contributed by atoms with Gasteiger partial charge in [0.2, 0.25) is 0 Å². The fourth-order valence-electron chi connectivity index (χ4n) is 1.85. The summed E-state index contributed by atoms with van der Waals surface area (Å²) in [7, 11) is 2.34. The maximum absolute atomic E-state index is 12.3. The Hall–Kier alpha value is -2.90. The van der Waals surface area contributed by atoms with E-state index in [2.05, 4.69) is 47.4 Å².